The fraction of sp³-hybridized carbons (Fsp3) is 0.167. The zero-order valence-corrected chi connectivity index (χ0v) is 15.1. The number of halogens is 1. The maximum Gasteiger partial charge on any atom is 0.266 e. The van der Waals surface area contributed by atoms with Gasteiger partial charge in [-0.1, -0.05) is 53.3 Å². The van der Waals surface area contributed by atoms with E-state index in [9.17, 15) is 4.79 Å². The minimum Gasteiger partial charge on any atom is -0.484 e. The van der Waals surface area contributed by atoms with Crippen LogP contribution in [0, 0.1) is 0 Å². The summed E-state index contributed by atoms with van der Waals surface area (Å²) in [5.74, 6) is 0.496. The van der Waals surface area contributed by atoms with Crippen LogP contribution < -0.4 is 9.64 Å². The van der Waals surface area contributed by atoms with E-state index in [1.165, 1.54) is 11.3 Å². The number of nitrogens with zero attached hydrogens (tertiary/aromatic N) is 3. The van der Waals surface area contributed by atoms with Crippen LogP contribution in [0.4, 0.5) is 5.13 Å². The van der Waals surface area contributed by atoms with Crippen molar-refractivity contribution in [1.82, 2.24) is 10.2 Å². The zero-order valence-electron chi connectivity index (χ0n) is 13.6. The molecular weight excluding hydrogens is 358 g/mol. The van der Waals surface area contributed by atoms with Crippen molar-refractivity contribution in [2.24, 2.45) is 0 Å². The Hall–Kier alpha value is -2.44. The van der Waals surface area contributed by atoms with E-state index >= 15 is 0 Å². The molecule has 1 heterocycles. The third-order valence-corrected chi connectivity index (χ3v) is 4.71. The zero-order chi connectivity index (χ0) is 17.6. The third-order valence-electron chi connectivity index (χ3n) is 3.46. The second-order valence-corrected chi connectivity index (χ2v) is 6.53. The highest BCUT2D eigenvalue weighted by atomic mass is 35.5. The normalized spacial score (nSPS) is 10.5. The number of benzene rings is 2. The maximum absolute atomic E-state index is 12.5. The first kappa shape index (κ1) is 17.4. The van der Waals surface area contributed by atoms with Gasteiger partial charge in [0.2, 0.25) is 5.13 Å². The van der Waals surface area contributed by atoms with Crippen LogP contribution in [0.3, 0.4) is 0 Å². The Bertz CT molecular complexity index is 837. The van der Waals surface area contributed by atoms with E-state index in [1.54, 1.807) is 17.0 Å². The van der Waals surface area contributed by atoms with E-state index in [4.69, 9.17) is 16.3 Å². The van der Waals surface area contributed by atoms with Crippen LogP contribution in [0.1, 0.15) is 6.92 Å². The molecule has 0 aliphatic carbocycles. The number of carbonyl (C=O) groups is 1. The highest BCUT2D eigenvalue weighted by Crippen LogP contribution is 2.29. The molecule has 5 nitrogen and oxygen atoms in total. The van der Waals surface area contributed by atoms with Gasteiger partial charge in [-0.05, 0) is 31.2 Å². The topological polar surface area (TPSA) is 55.3 Å². The Kier molecular flexibility index (Phi) is 5.63. The lowest BCUT2D eigenvalue weighted by Crippen LogP contribution is -2.34. The number of hydrogen-bond acceptors (Lipinski definition) is 5. The SMILES string of the molecule is CCN(C(=O)COc1ccccc1)c1nnc(-c2ccc(Cl)cc2)s1. The minimum atomic E-state index is -0.162. The molecule has 0 saturated carbocycles. The summed E-state index contributed by atoms with van der Waals surface area (Å²) in [6.45, 7) is 2.34. The minimum absolute atomic E-state index is 0.0479. The van der Waals surface area contributed by atoms with Crippen molar-refractivity contribution >= 4 is 34.0 Å². The molecule has 1 amide bonds. The average Bonchev–Trinajstić information content (AvgIpc) is 3.12. The number of carbonyl (C=O) groups excluding carboxylic acids is 1. The molecule has 0 saturated heterocycles. The number of para-hydroxylation sites is 1. The molecule has 7 heteroatoms. The van der Waals surface area contributed by atoms with Crippen LogP contribution in [-0.4, -0.2) is 29.3 Å². The van der Waals surface area contributed by atoms with Gasteiger partial charge in [-0.2, -0.15) is 0 Å². The van der Waals surface area contributed by atoms with Crippen LogP contribution in [0.5, 0.6) is 5.75 Å². The number of hydrogen-bond donors (Lipinski definition) is 0. The molecule has 0 atom stereocenters. The van der Waals surface area contributed by atoms with E-state index in [2.05, 4.69) is 10.2 Å². The molecular formula is C18H16ClN3O2S. The number of rotatable bonds is 6. The molecule has 2 aromatic carbocycles. The standard InChI is InChI=1S/C18H16ClN3O2S/c1-2-22(16(23)12-24-15-6-4-3-5-7-15)18-21-20-17(25-18)13-8-10-14(19)11-9-13/h3-11H,2,12H2,1H3. The molecule has 25 heavy (non-hydrogen) atoms. The summed E-state index contributed by atoms with van der Waals surface area (Å²) in [4.78, 5) is 14.0. The molecule has 0 radical (unpaired) electrons. The molecule has 3 rings (SSSR count). The first-order valence-electron chi connectivity index (χ1n) is 7.75. The smallest absolute Gasteiger partial charge is 0.266 e. The molecule has 0 unspecified atom stereocenters. The predicted octanol–water partition coefficient (Wildman–Crippen LogP) is 4.29. The number of ether oxygens (including phenoxy) is 1. The summed E-state index contributed by atoms with van der Waals surface area (Å²) in [6.07, 6.45) is 0. The fourth-order valence-corrected chi connectivity index (χ4v) is 3.25. The van der Waals surface area contributed by atoms with E-state index in [0.717, 1.165) is 10.6 Å². The van der Waals surface area contributed by atoms with Crippen molar-refractivity contribution in [2.45, 2.75) is 6.92 Å². The molecule has 128 valence electrons. The van der Waals surface area contributed by atoms with Gasteiger partial charge in [-0.3, -0.25) is 9.69 Å². The monoisotopic (exact) mass is 373 g/mol. The van der Waals surface area contributed by atoms with Gasteiger partial charge in [0.05, 0.1) is 0 Å². The van der Waals surface area contributed by atoms with E-state index in [-0.39, 0.29) is 12.5 Å². The summed E-state index contributed by atoms with van der Waals surface area (Å²) in [6, 6.07) is 16.6. The van der Waals surface area contributed by atoms with Crippen LogP contribution in [0.25, 0.3) is 10.6 Å². The quantitative estimate of drug-likeness (QED) is 0.646. The summed E-state index contributed by atoms with van der Waals surface area (Å²) < 4.78 is 5.53. The van der Waals surface area contributed by atoms with Gasteiger partial charge in [0.25, 0.3) is 5.91 Å². The molecule has 1 aromatic heterocycles. The lowest BCUT2D eigenvalue weighted by Gasteiger charge is -2.17. The lowest BCUT2D eigenvalue weighted by atomic mass is 10.2. The Labute approximate surface area is 154 Å². The first-order chi connectivity index (χ1) is 12.2. The Morgan fingerprint density at radius 3 is 2.52 bits per heavy atom. The van der Waals surface area contributed by atoms with Gasteiger partial charge in [-0.25, -0.2) is 0 Å². The third kappa shape index (κ3) is 4.35. The first-order valence-corrected chi connectivity index (χ1v) is 8.94. The van der Waals surface area contributed by atoms with Crippen molar-refractivity contribution in [3.05, 3.63) is 59.6 Å². The van der Waals surface area contributed by atoms with Crippen LogP contribution in [-0.2, 0) is 4.79 Å². The van der Waals surface area contributed by atoms with Crippen molar-refractivity contribution in [3.63, 3.8) is 0 Å². The molecule has 0 bridgehead atoms. The van der Waals surface area contributed by atoms with Crippen LogP contribution >= 0.6 is 22.9 Å². The lowest BCUT2D eigenvalue weighted by molar-refractivity contribution is -0.120. The van der Waals surface area contributed by atoms with Crippen molar-refractivity contribution in [3.8, 4) is 16.3 Å². The largest absolute Gasteiger partial charge is 0.484 e. The summed E-state index contributed by atoms with van der Waals surface area (Å²) in [5, 5.41) is 10.3. The van der Waals surface area contributed by atoms with Gasteiger partial charge in [-0.15, -0.1) is 10.2 Å². The van der Waals surface area contributed by atoms with Gasteiger partial charge in [0.15, 0.2) is 6.61 Å². The molecule has 0 aliphatic rings. The molecule has 0 aliphatic heterocycles. The number of likely N-dealkylation sites (N-methyl/N-ethyl adjacent to an activating group) is 1. The van der Waals surface area contributed by atoms with Crippen molar-refractivity contribution < 1.29 is 9.53 Å². The Balaban J connectivity index is 1.70. The average molecular weight is 374 g/mol. The predicted molar refractivity (Wildman–Crippen MR) is 100 cm³/mol. The van der Waals surface area contributed by atoms with E-state index in [1.807, 2.05) is 49.4 Å². The fourth-order valence-electron chi connectivity index (χ4n) is 2.19. The van der Waals surface area contributed by atoms with Gasteiger partial charge >= 0.3 is 0 Å². The Morgan fingerprint density at radius 1 is 1.12 bits per heavy atom. The van der Waals surface area contributed by atoms with Gasteiger partial charge in [0, 0.05) is 17.1 Å². The number of anilines is 1. The molecule has 0 fully saturated rings. The van der Waals surface area contributed by atoms with Gasteiger partial charge in [0.1, 0.15) is 10.8 Å². The number of aromatic nitrogens is 2. The van der Waals surface area contributed by atoms with Crippen LogP contribution in [0.2, 0.25) is 5.02 Å². The number of amides is 1. The maximum atomic E-state index is 12.5. The summed E-state index contributed by atoms with van der Waals surface area (Å²) >= 11 is 7.26. The molecule has 0 N–H and O–H groups in total. The highest BCUT2D eigenvalue weighted by Gasteiger charge is 2.19. The molecule has 3 aromatic rings. The van der Waals surface area contributed by atoms with E-state index < -0.39 is 0 Å². The van der Waals surface area contributed by atoms with Crippen molar-refractivity contribution in [2.75, 3.05) is 18.1 Å². The summed E-state index contributed by atoms with van der Waals surface area (Å²) in [5.41, 5.74) is 0.914. The second-order valence-electron chi connectivity index (χ2n) is 5.14. The van der Waals surface area contributed by atoms with Crippen molar-refractivity contribution in [1.29, 1.82) is 0 Å². The van der Waals surface area contributed by atoms with Crippen LogP contribution in [0.15, 0.2) is 54.6 Å². The molecule has 0 spiro atoms. The van der Waals surface area contributed by atoms with Gasteiger partial charge < -0.3 is 4.74 Å². The highest BCUT2D eigenvalue weighted by molar-refractivity contribution is 7.18. The Morgan fingerprint density at radius 2 is 1.84 bits per heavy atom. The summed E-state index contributed by atoms with van der Waals surface area (Å²) in [7, 11) is 0. The second kappa shape index (κ2) is 8.09. The van der Waals surface area contributed by atoms with E-state index in [0.29, 0.717) is 22.4 Å².